The van der Waals surface area contributed by atoms with Gasteiger partial charge in [-0.05, 0) is 40.5 Å². The van der Waals surface area contributed by atoms with Crippen molar-refractivity contribution in [3.05, 3.63) is 10.1 Å². The molecule has 0 rings (SSSR count). The molecule has 0 aromatic rings. The van der Waals surface area contributed by atoms with Crippen LogP contribution in [0.4, 0.5) is 0 Å². The Labute approximate surface area is 318 Å². The van der Waals surface area contributed by atoms with Gasteiger partial charge in [0.2, 0.25) is 29.2 Å². The molecule has 0 fully saturated rings. The number of carboxylic acids is 1. The molecule has 0 saturated heterocycles. The second-order valence-electron chi connectivity index (χ2n) is 12.4. The van der Waals surface area contributed by atoms with E-state index in [1.54, 1.807) is 0 Å². The molecule has 0 aromatic heterocycles. The van der Waals surface area contributed by atoms with E-state index in [-0.39, 0.29) is 91.6 Å². The average Bonchev–Trinajstić information content (AvgIpc) is 3.08. The highest BCUT2D eigenvalue weighted by atomic mass is 33.1. The van der Waals surface area contributed by atoms with Crippen LogP contribution in [0.3, 0.4) is 0 Å². The highest BCUT2D eigenvalue weighted by Crippen LogP contribution is 2.39. The maximum Gasteiger partial charge on any atom is 0.305 e. The maximum atomic E-state index is 12.7. The number of nitro groups is 1. The zero-order valence-corrected chi connectivity index (χ0v) is 34.6. The molecule has 0 aliphatic carbocycles. The molecule has 0 bridgehead atoms. The fourth-order valence-electron chi connectivity index (χ4n) is 4.12. The van der Waals surface area contributed by atoms with Crippen molar-refractivity contribution in [2.75, 3.05) is 38.9 Å². The summed E-state index contributed by atoms with van der Waals surface area (Å²) >= 11 is 0. The highest BCUT2D eigenvalue weighted by molar-refractivity contribution is 8.77. The third kappa shape index (κ3) is 27.0. The van der Waals surface area contributed by atoms with Crippen molar-refractivity contribution in [2.45, 2.75) is 127 Å². The molecule has 15 nitrogen and oxygen atoms in total. The Morgan fingerprint density at radius 1 is 0.686 bits per heavy atom. The van der Waals surface area contributed by atoms with Crippen LogP contribution in [0.2, 0.25) is 0 Å². The van der Waals surface area contributed by atoms with Gasteiger partial charge in [-0.25, -0.2) is 0 Å². The van der Waals surface area contributed by atoms with E-state index in [0.29, 0.717) is 25.1 Å². The number of ether oxygens (including phenoxy) is 1. The summed E-state index contributed by atoms with van der Waals surface area (Å²) in [4.78, 5) is 83.5. The van der Waals surface area contributed by atoms with E-state index in [0.717, 1.165) is 0 Å². The van der Waals surface area contributed by atoms with E-state index < -0.39 is 34.2 Å². The number of hydrogen-bond donors (Lipinski definition) is 5. The first-order valence-corrected chi connectivity index (χ1v) is 21.6. The Hall–Kier alpha value is -2.38. The third-order valence-corrected chi connectivity index (χ3v) is 13.7. The molecular weight excluding hydrogens is 743 g/mol. The van der Waals surface area contributed by atoms with Gasteiger partial charge in [-0.3, -0.25) is 38.9 Å². The minimum Gasteiger partial charge on any atom is -0.481 e. The fourth-order valence-corrected chi connectivity index (χ4v) is 8.95. The van der Waals surface area contributed by atoms with E-state index in [4.69, 9.17) is 5.11 Å². The number of amides is 4. The lowest BCUT2D eigenvalue weighted by molar-refractivity contribution is -0.573. The van der Waals surface area contributed by atoms with Gasteiger partial charge < -0.3 is 31.1 Å². The standard InChI is InChI=1S/C30H53N5O10S4.C2H6/c1-28(2,13-10-26(40)41)48-46-20-19-33-24(38)8-16-30(35(43)44,15-7-23(37)32-18-12-22(36)31-5)17-9-25(39)34-21-47-49-29(3,4)14-11-27(42)45-6;1-2/h7-21H2,1-6H3,(H,31,36)(H,32,37)(H,33,38)(H,34,39)(H,40,41);1-2H3. The van der Waals surface area contributed by atoms with Gasteiger partial charge in [-0.15, -0.1) is 0 Å². The molecule has 0 heterocycles. The first-order valence-electron chi connectivity index (χ1n) is 16.9. The van der Waals surface area contributed by atoms with E-state index in [9.17, 15) is 38.9 Å². The van der Waals surface area contributed by atoms with Crippen LogP contribution in [0.1, 0.15) is 112 Å². The summed E-state index contributed by atoms with van der Waals surface area (Å²) in [5.41, 5.74) is -1.72. The zero-order valence-electron chi connectivity index (χ0n) is 31.3. The van der Waals surface area contributed by atoms with Gasteiger partial charge in [0.05, 0.1) is 13.0 Å². The first kappa shape index (κ1) is 50.7. The van der Waals surface area contributed by atoms with Crippen molar-refractivity contribution in [1.82, 2.24) is 21.3 Å². The highest BCUT2D eigenvalue weighted by Gasteiger charge is 2.43. The predicted octanol–water partition coefficient (Wildman–Crippen LogP) is 4.95. The molecule has 0 aliphatic rings. The number of nitrogens with one attached hydrogen (secondary N) is 4. The molecule has 0 spiro atoms. The molecule has 1 unspecified atom stereocenters. The first-order chi connectivity index (χ1) is 23.9. The molecule has 0 saturated carbocycles. The molecule has 296 valence electrons. The van der Waals surface area contributed by atoms with E-state index in [1.165, 1.54) is 57.3 Å². The normalized spacial score (nSPS) is 12.3. The summed E-state index contributed by atoms with van der Waals surface area (Å²) in [6, 6.07) is 0. The van der Waals surface area contributed by atoms with E-state index in [2.05, 4.69) is 26.0 Å². The second kappa shape index (κ2) is 28.2. The topological polar surface area (TPSA) is 223 Å². The van der Waals surface area contributed by atoms with Crippen LogP contribution in [0, 0.1) is 10.1 Å². The minimum atomic E-state index is -1.72. The van der Waals surface area contributed by atoms with Gasteiger partial charge in [-0.2, -0.15) is 0 Å². The minimum absolute atomic E-state index is 0.0539. The zero-order chi connectivity index (χ0) is 39.5. The monoisotopic (exact) mass is 801 g/mol. The van der Waals surface area contributed by atoms with E-state index in [1.807, 2.05) is 41.5 Å². The lowest BCUT2D eigenvalue weighted by Crippen LogP contribution is -2.42. The van der Waals surface area contributed by atoms with Gasteiger partial charge in [0.15, 0.2) is 0 Å². The SMILES string of the molecule is CC.CNC(=O)CCNC(=O)CCC(CCC(=O)NCCSSC(C)(C)CCC(=O)O)(CCC(=O)NCSSC(C)(C)CCC(=O)OC)[N+](=O)[O-]. The Morgan fingerprint density at radius 3 is 1.63 bits per heavy atom. The number of carboxylic acid groups (broad SMARTS) is 1. The molecule has 0 aliphatic heterocycles. The van der Waals surface area contributed by atoms with Gasteiger partial charge in [0, 0.05) is 98.1 Å². The Morgan fingerprint density at radius 2 is 1.16 bits per heavy atom. The average molecular weight is 802 g/mol. The van der Waals surface area contributed by atoms with Crippen LogP contribution in [-0.2, 0) is 33.5 Å². The molecule has 5 N–H and O–H groups in total. The molecular formula is C32H59N5O10S4. The summed E-state index contributed by atoms with van der Waals surface area (Å²) < 4.78 is 4.15. The Bertz CT molecular complexity index is 1110. The number of hydrogen-bond acceptors (Lipinski definition) is 13. The third-order valence-electron chi connectivity index (χ3n) is 7.30. The fraction of sp³-hybridized carbons (Fsp3) is 0.812. The maximum absolute atomic E-state index is 12.7. The van der Waals surface area contributed by atoms with Gasteiger partial charge in [0.1, 0.15) is 0 Å². The molecule has 51 heavy (non-hydrogen) atoms. The lowest BCUT2D eigenvalue weighted by atomic mass is 9.84. The molecule has 0 radical (unpaired) electrons. The Balaban J connectivity index is 0. The van der Waals surface area contributed by atoms with Gasteiger partial charge in [0.25, 0.3) is 0 Å². The lowest BCUT2D eigenvalue weighted by Gasteiger charge is -2.25. The number of aliphatic carboxylic acids is 1. The van der Waals surface area contributed by atoms with Crippen LogP contribution in [0.25, 0.3) is 0 Å². The van der Waals surface area contributed by atoms with Crippen LogP contribution in [0.15, 0.2) is 0 Å². The van der Waals surface area contributed by atoms with Crippen molar-refractivity contribution in [3.63, 3.8) is 0 Å². The van der Waals surface area contributed by atoms with Crippen molar-refractivity contribution in [1.29, 1.82) is 0 Å². The summed E-state index contributed by atoms with van der Waals surface area (Å²) in [5.74, 6) is -1.94. The van der Waals surface area contributed by atoms with Crippen molar-refractivity contribution < 1.29 is 43.5 Å². The smallest absolute Gasteiger partial charge is 0.305 e. The summed E-state index contributed by atoms with van der Waals surface area (Å²) in [6.45, 7) is 12.2. The molecule has 1 atom stereocenters. The van der Waals surface area contributed by atoms with Crippen molar-refractivity contribution >= 4 is 78.7 Å². The van der Waals surface area contributed by atoms with E-state index >= 15 is 0 Å². The quantitative estimate of drug-likeness (QED) is 0.0177. The predicted molar refractivity (Wildman–Crippen MR) is 208 cm³/mol. The number of rotatable bonds is 28. The number of carbonyl (C=O) groups excluding carboxylic acids is 5. The van der Waals surface area contributed by atoms with Gasteiger partial charge in [-0.1, -0.05) is 57.0 Å². The summed E-state index contributed by atoms with van der Waals surface area (Å²) in [5, 5.41) is 31.9. The van der Waals surface area contributed by atoms with Crippen molar-refractivity contribution in [3.8, 4) is 0 Å². The number of methoxy groups -OCH3 is 1. The second-order valence-corrected chi connectivity index (χ2v) is 18.6. The van der Waals surface area contributed by atoms with Crippen LogP contribution >= 0.6 is 43.2 Å². The van der Waals surface area contributed by atoms with Crippen molar-refractivity contribution in [2.24, 2.45) is 0 Å². The van der Waals surface area contributed by atoms with Crippen LogP contribution in [0.5, 0.6) is 0 Å². The largest absolute Gasteiger partial charge is 0.481 e. The molecule has 0 aromatic carbocycles. The Kier molecular flexibility index (Phi) is 28.0. The number of esters is 1. The van der Waals surface area contributed by atoms with Crippen LogP contribution < -0.4 is 21.3 Å². The summed E-state index contributed by atoms with van der Waals surface area (Å²) in [6.07, 6.45) is 0.270. The number of nitrogens with zero attached hydrogens (tertiary/aromatic N) is 1. The molecule has 19 heteroatoms. The molecule has 4 amide bonds. The summed E-state index contributed by atoms with van der Waals surface area (Å²) in [7, 11) is 8.70. The van der Waals surface area contributed by atoms with Gasteiger partial charge >= 0.3 is 11.9 Å². The van der Waals surface area contributed by atoms with Crippen LogP contribution in [-0.4, -0.2) is 99.5 Å². The number of carbonyl (C=O) groups is 6.